The molecular formula is C33H47NO2. The Bertz CT molecular complexity index is 1020. The van der Waals surface area contributed by atoms with Crippen molar-refractivity contribution in [2.45, 2.75) is 93.4 Å². The molecule has 0 saturated carbocycles. The van der Waals surface area contributed by atoms with Crippen LogP contribution in [0.5, 0.6) is 0 Å². The number of carbonyl (C=O) groups excluding carboxylic acids is 2. The van der Waals surface area contributed by atoms with Gasteiger partial charge in [-0.25, -0.2) is 0 Å². The molecule has 0 fully saturated rings. The smallest absolute Gasteiger partial charge is 0.258 e. The van der Waals surface area contributed by atoms with Crippen LogP contribution < -0.4 is 5.32 Å². The van der Waals surface area contributed by atoms with E-state index >= 15 is 0 Å². The summed E-state index contributed by atoms with van der Waals surface area (Å²) in [6, 6.07) is 21.8. The molecule has 36 heavy (non-hydrogen) atoms. The first-order valence-electron chi connectivity index (χ1n) is 13.7. The number of amides is 2. The van der Waals surface area contributed by atoms with Crippen LogP contribution in [0.25, 0.3) is 10.8 Å². The van der Waals surface area contributed by atoms with Gasteiger partial charge in [-0.2, -0.15) is 0 Å². The van der Waals surface area contributed by atoms with Gasteiger partial charge in [0.05, 0.1) is 0 Å². The SMILES string of the molecule is CC.CCC(C)(CC)CC(C)c1ccccc1.CCCC.O=C1NC(=O)c2cccc3cccc1c23. The lowest BCUT2D eigenvalue weighted by Crippen LogP contribution is -2.34. The summed E-state index contributed by atoms with van der Waals surface area (Å²) in [6.07, 6.45) is 6.49. The molecule has 0 bridgehead atoms. The maximum Gasteiger partial charge on any atom is 0.258 e. The second-order valence-electron chi connectivity index (χ2n) is 9.53. The Balaban J connectivity index is 0.000000296. The number of imide groups is 1. The van der Waals surface area contributed by atoms with Crippen LogP contribution in [0.3, 0.4) is 0 Å². The second-order valence-corrected chi connectivity index (χ2v) is 9.53. The van der Waals surface area contributed by atoms with E-state index in [0.717, 1.165) is 10.8 Å². The molecule has 0 saturated heterocycles. The lowest BCUT2D eigenvalue weighted by atomic mass is 9.75. The van der Waals surface area contributed by atoms with Crippen molar-refractivity contribution in [2.24, 2.45) is 5.41 Å². The molecule has 3 aromatic rings. The highest BCUT2D eigenvalue weighted by molar-refractivity contribution is 6.25. The Morgan fingerprint density at radius 1 is 0.722 bits per heavy atom. The molecule has 196 valence electrons. The van der Waals surface area contributed by atoms with E-state index in [4.69, 9.17) is 0 Å². The molecule has 3 nitrogen and oxygen atoms in total. The van der Waals surface area contributed by atoms with E-state index in [1.54, 1.807) is 12.1 Å². The van der Waals surface area contributed by atoms with E-state index in [9.17, 15) is 9.59 Å². The van der Waals surface area contributed by atoms with Crippen LogP contribution in [-0.2, 0) is 0 Å². The lowest BCUT2D eigenvalue weighted by Gasteiger charge is -2.30. The molecule has 3 heteroatoms. The van der Waals surface area contributed by atoms with E-state index in [2.05, 4.69) is 77.2 Å². The standard InChI is InChI=1S/C15H24.C12H7NO2.C4H10.C2H6/c1-5-15(4,6-2)12-13(3)14-10-8-7-9-11-14;14-11-8-5-1-3-7-4-2-6-9(10(7)8)12(15)13-11;1-3-4-2;1-2/h7-11,13H,5-6,12H2,1-4H3;1-6H,(H,13,14,15);3-4H2,1-2H3;1-2H3. The summed E-state index contributed by atoms with van der Waals surface area (Å²) in [4.78, 5) is 23.1. The largest absolute Gasteiger partial charge is 0.288 e. The van der Waals surface area contributed by atoms with Crippen LogP contribution >= 0.6 is 0 Å². The van der Waals surface area contributed by atoms with Crippen molar-refractivity contribution in [3.05, 3.63) is 83.4 Å². The van der Waals surface area contributed by atoms with Gasteiger partial charge in [-0.1, -0.05) is 136 Å². The van der Waals surface area contributed by atoms with Gasteiger partial charge in [0.1, 0.15) is 0 Å². The maximum absolute atomic E-state index is 11.6. The average Bonchev–Trinajstić information content (AvgIpc) is 2.93. The van der Waals surface area contributed by atoms with Crippen molar-refractivity contribution < 1.29 is 9.59 Å². The van der Waals surface area contributed by atoms with Crippen molar-refractivity contribution in [1.82, 2.24) is 5.32 Å². The predicted octanol–water partition coefficient (Wildman–Crippen LogP) is 9.56. The number of benzene rings is 3. The first kappa shape index (κ1) is 31.1. The van der Waals surface area contributed by atoms with Crippen LogP contribution in [0.15, 0.2) is 66.7 Å². The van der Waals surface area contributed by atoms with Crippen LogP contribution in [-0.4, -0.2) is 11.8 Å². The minimum absolute atomic E-state index is 0.315. The summed E-state index contributed by atoms with van der Waals surface area (Å²) in [5, 5.41) is 4.00. The maximum atomic E-state index is 11.6. The van der Waals surface area contributed by atoms with Crippen LogP contribution in [0.1, 0.15) is 120 Å². The fraction of sp³-hybridized carbons (Fsp3) is 0.455. The van der Waals surface area contributed by atoms with Crippen LogP contribution in [0.4, 0.5) is 0 Å². The van der Waals surface area contributed by atoms with Gasteiger partial charge < -0.3 is 0 Å². The average molecular weight is 490 g/mol. The van der Waals surface area contributed by atoms with Crippen molar-refractivity contribution in [2.75, 3.05) is 0 Å². The minimum atomic E-state index is -0.315. The molecule has 1 atom stereocenters. The summed E-state index contributed by atoms with van der Waals surface area (Å²) >= 11 is 0. The molecule has 2 amide bonds. The summed E-state index contributed by atoms with van der Waals surface area (Å²) in [6.45, 7) is 17.7. The minimum Gasteiger partial charge on any atom is -0.288 e. The van der Waals surface area contributed by atoms with Crippen molar-refractivity contribution in [1.29, 1.82) is 0 Å². The number of hydrogen-bond acceptors (Lipinski definition) is 2. The number of carbonyl (C=O) groups is 2. The Morgan fingerprint density at radius 3 is 1.61 bits per heavy atom. The quantitative estimate of drug-likeness (QED) is 0.350. The summed E-state index contributed by atoms with van der Waals surface area (Å²) in [5.41, 5.74) is 3.13. The summed E-state index contributed by atoms with van der Waals surface area (Å²) in [7, 11) is 0. The van der Waals surface area contributed by atoms with E-state index in [0.29, 0.717) is 22.5 Å². The number of rotatable bonds is 6. The zero-order valence-electron chi connectivity index (χ0n) is 23.8. The van der Waals surface area contributed by atoms with Crippen molar-refractivity contribution >= 4 is 22.6 Å². The lowest BCUT2D eigenvalue weighted by molar-refractivity contribution is 0.0845. The zero-order valence-corrected chi connectivity index (χ0v) is 23.8. The molecule has 0 radical (unpaired) electrons. The highest BCUT2D eigenvalue weighted by Gasteiger charge is 2.24. The highest BCUT2D eigenvalue weighted by Crippen LogP contribution is 2.36. The molecule has 4 rings (SSSR count). The summed E-state index contributed by atoms with van der Waals surface area (Å²) in [5.74, 6) is 0.0460. The fourth-order valence-electron chi connectivity index (χ4n) is 4.13. The van der Waals surface area contributed by atoms with Crippen LogP contribution in [0, 0.1) is 5.41 Å². The normalized spacial score (nSPS) is 12.7. The number of unbranched alkanes of at least 4 members (excludes halogenated alkanes) is 1. The van der Waals surface area contributed by atoms with Gasteiger partial charge in [0.2, 0.25) is 0 Å². The first-order chi connectivity index (χ1) is 17.3. The number of nitrogens with one attached hydrogen (secondary N) is 1. The first-order valence-corrected chi connectivity index (χ1v) is 13.7. The van der Waals surface area contributed by atoms with Gasteiger partial charge in [-0.05, 0) is 40.8 Å². The van der Waals surface area contributed by atoms with Gasteiger partial charge in [-0.3, -0.25) is 14.9 Å². The monoisotopic (exact) mass is 489 g/mol. The van der Waals surface area contributed by atoms with Crippen LogP contribution in [0.2, 0.25) is 0 Å². The van der Waals surface area contributed by atoms with E-state index in [1.807, 2.05) is 38.1 Å². The molecule has 0 aromatic heterocycles. The highest BCUT2D eigenvalue weighted by atomic mass is 16.2. The van der Waals surface area contributed by atoms with Gasteiger partial charge in [-0.15, -0.1) is 0 Å². The van der Waals surface area contributed by atoms with E-state index < -0.39 is 0 Å². The van der Waals surface area contributed by atoms with Gasteiger partial charge >= 0.3 is 0 Å². The third kappa shape index (κ3) is 8.62. The van der Waals surface area contributed by atoms with E-state index in [1.165, 1.54) is 37.7 Å². The molecule has 0 aliphatic carbocycles. The van der Waals surface area contributed by atoms with E-state index in [-0.39, 0.29) is 11.8 Å². The molecule has 3 aromatic carbocycles. The third-order valence-corrected chi connectivity index (χ3v) is 7.00. The fourth-order valence-corrected chi connectivity index (χ4v) is 4.13. The van der Waals surface area contributed by atoms with Gasteiger partial charge in [0, 0.05) is 16.5 Å². The Morgan fingerprint density at radius 2 is 1.19 bits per heavy atom. The molecule has 1 N–H and O–H groups in total. The summed E-state index contributed by atoms with van der Waals surface area (Å²) < 4.78 is 0. The molecule has 1 aliphatic rings. The van der Waals surface area contributed by atoms with Gasteiger partial charge in [0.15, 0.2) is 0 Å². The van der Waals surface area contributed by atoms with Crippen molar-refractivity contribution in [3.63, 3.8) is 0 Å². The topological polar surface area (TPSA) is 46.2 Å². The Labute approximate surface area is 219 Å². The molecular weight excluding hydrogens is 442 g/mol. The zero-order chi connectivity index (χ0) is 27.1. The molecule has 1 unspecified atom stereocenters. The molecule has 0 spiro atoms. The number of hydrogen-bond donors (Lipinski definition) is 1. The van der Waals surface area contributed by atoms with Crippen molar-refractivity contribution in [3.8, 4) is 0 Å². The molecule has 1 aliphatic heterocycles. The molecule has 1 heterocycles. The predicted molar refractivity (Wildman–Crippen MR) is 156 cm³/mol. The third-order valence-electron chi connectivity index (χ3n) is 7.00. The Hall–Kier alpha value is -2.94. The second kappa shape index (κ2) is 15.9. The van der Waals surface area contributed by atoms with Gasteiger partial charge in [0.25, 0.3) is 11.8 Å². The Kier molecular flexibility index (Phi) is 13.8.